The fraction of sp³-hybridized carbons (Fsp3) is 0.632. The highest BCUT2D eigenvalue weighted by atomic mass is 35.5. The number of piperidine rings is 1. The molecule has 0 unspecified atom stereocenters. The molecule has 0 radical (unpaired) electrons. The molecular formula is C19H29ClN2OS. The number of benzene rings is 1. The Kier molecular flexibility index (Phi) is 7.45. The second-order valence-electron chi connectivity index (χ2n) is 7.43. The van der Waals surface area contributed by atoms with Crippen LogP contribution < -0.4 is 5.32 Å². The molecule has 1 heterocycles. The summed E-state index contributed by atoms with van der Waals surface area (Å²) in [5.74, 6) is 1.38. The van der Waals surface area contributed by atoms with Crippen LogP contribution in [0.4, 0.5) is 0 Å². The maximum atomic E-state index is 12.3. The lowest BCUT2D eigenvalue weighted by molar-refractivity contribution is -0.126. The third-order valence-corrected chi connectivity index (χ3v) is 5.74. The highest BCUT2D eigenvalue weighted by Gasteiger charge is 2.24. The van der Waals surface area contributed by atoms with Gasteiger partial charge in [-0.1, -0.05) is 44.5 Å². The molecular weight excluding hydrogens is 340 g/mol. The number of likely N-dealkylation sites (tertiary alicyclic amines) is 1. The van der Waals surface area contributed by atoms with Crippen molar-refractivity contribution in [2.75, 3.05) is 25.4 Å². The predicted octanol–water partition coefficient (Wildman–Crippen LogP) is 4.20. The van der Waals surface area contributed by atoms with Gasteiger partial charge in [-0.05, 0) is 43.6 Å². The Labute approximate surface area is 155 Å². The van der Waals surface area contributed by atoms with Crippen molar-refractivity contribution in [2.24, 2.45) is 5.92 Å². The van der Waals surface area contributed by atoms with E-state index in [0.717, 1.165) is 49.8 Å². The Hall–Kier alpha value is -0.710. The van der Waals surface area contributed by atoms with E-state index in [2.05, 4.69) is 43.1 Å². The van der Waals surface area contributed by atoms with Crippen molar-refractivity contribution in [1.29, 1.82) is 0 Å². The molecule has 134 valence electrons. The number of carbonyl (C=O) groups excluding carboxylic acids is 1. The van der Waals surface area contributed by atoms with E-state index in [1.54, 1.807) is 0 Å². The standard InChI is InChI=1S/C19H29ClN2OS/c1-19(2,3)24-13-10-21-18(23)16-8-11-22(12-9-16)14-15-4-6-17(20)7-5-15/h4-7,16H,8-14H2,1-3H3,(H,21,23). The zero-order valence-corrected chi connectivity index (χ0v) is 16.6. The molecule has 1 fully saturated rings. The summed E-state index contributed by atoms with van der Waals surface area (Å²) in [7, 11) is 0. The van der Waals surface area contributed by atoms with Crippen molar-refractivity contribution in [2.45, 2.75) is 44.9 Å². The van der Waals surface area contributed by atoms with E-state index in [0.29, 0.717) is 0 Å². The summed E-state index contributed by atoms with van der Waals surface area (Å²) in [6.45, 7) is 10.3. The molecule has 0 aliphatic carbocycles. The van der Waals surface area contributed by atoms with Crippen molar-refractivity contribution in [3.63, 3.8) is 0 Å². The van der Waals surface area contributed by atoms with E-state index < -0.39 is 0 Å². The summed E-state index contributed by atoms with van der Waals surface area (Å²) in [5.41, 5.74) is 1.28. The maximum absolute atomic E-state index is 12.3. The SMILES string of the molecule is CC(C)(C)SCCNC(=O)C1CCN(Cc2ccc(Cl)cc2)CC1. The number of thioether (sulfide) groups is 1. The number of rotatable bonds is 6. The van der Waals surface area contributed by atoms with Crippen LogP contribution in [0.1, 0.15) is 39.2 Å². The molecule has 0 saturated carbocycles. The van der Waals surface area contributed by atoms with E-state index in [4.69, 9.17) is 11.6 Å². The summed E-state index contributed by atoms with van der Waals surface area (Å²) >= 11 is 7.82. The third-order valence-electron chi connectivity index (χ3n) is 4.21. The molecule has 0 bridgehead atoms. The number of nitrogens with one attached hydrogen (secondary N) is 1. The summed E-state index contributed by atoms with van der Waals surface area (Å²) < 4.78 is 0.262. The molecule has 24 heavy (non-hydrogen) atoms. The Morgan fingerprint density at radius 2 is 1.88 bits per heavy atom. The van der Waals surface area contributed by atoms with E-state index in [-0.39, 0.29) is 16.6 Å². The topological polar surface area (TPSA) is 32.3 Å². The Morgan fingerprint density at radius 1 is 1.25 bits per heavy atom. The van der Waals surface area contributed by atoms with Crippen LogP contribution in [-0.4, -0.2) is 40.9 Å². The molecule has 1 aromatic carbocycles. The second kappa shape index (κ2) is 9.12. The Morgan fingerprint density at radius 3 is 2.46 bits per heavy atom. The molecule has 5 heteroatoms. The fourth-order valence-electron chi connectivity index (χ4n) is 2.88. The number of nitrogens with zero attached hydrogens (tertiary/aromatic N) is 1. The highest BCUT2D eigenvalue weighted by Crippen LogP contribution is 2.23. The molecule has 1 amide bonds. The van der Waals surface area contributed by atoms with Gasteiger partial charge in [-0.15, -0.1) is 0 Å². The minimum atomic E-state index is 0.172. The predicted molar refractivity (Wildman–Crippen MR) is 105 cm³/mol. The molecule has 1 N–H and O–H groups in total. The molecule has 1 aliphatic heterocycles. The molecule has 0 aromatic heterocycles. The molecule has 0 spiro atoms. The first kappa shape index (κ1) is 19.6. The first-order chi connectivity index (χ1) is 11.3. The second-order valence-corrected chi connectivity index (χ2v) is 9.79. The minimum absolute atomic E-state index is 0.172. The monoisotopic (exact) mass is 368 g/mol. The van der Waals surface area contributed by atoms with Gasteiger partial charge in [-0.25, -0.2) is 0 Å². The van der Waals surface area contributed by atoms with Crippen molar-refractivity contribution in [3.8, 4) is 0 Å². The number of halogens is 1. The van der Waals surface area contributed by atoms with Crippen LogP contribution in [0.5, 0.6) is 0 Å². The maximum Gasteiger partial charge on any atom is 0.223 e. The fourth-order valence-corrected chi connectivity index (χ4v) is 3.82. The van der Waals surface area contributed by atoms with Crippen LogP contribution in [0, 0.1) is 5.92 Å². The average Bonchev–Trinajstić information content (AvgIpc) is 2.53. The summed E-state index contributed by atoms with van der Waals surface area (Å²) in [6, 6.07) is 8.03. The van der Waals surface area contributed by atoms with Gasteiger partial charge in [-0.2, -0.15) is 11.8 Å². The van der Waals surface area contributed by atoms with Gasteiger partial charge in [0.05, 0.1) is 0 Å². The Bertz CT molecular complexity index is 519. The summed E-state index contributed by atoms with van der Waals surface area (Å²) in [6.07, 6.45) is 1.90. The lowest BCUT2D eigenvalue weighted by atomic mass is 9.95. The average molecular weight is 369 g/mol. The van der Waals surface area contributed by atoms with Crippen LogP contribution in [0.3, 0.4) is 0 Å². The minimum Gasteiger partial charge on any atom is -0.355 e. The van der Waals surface area contributed by atoms with Crippen molar-refractivity contribution in [3.05, 3.63) is 34.9 Å². The molecule has 1 aliphatic rings. The van der Waals surface area contributed by atoms with E-state index >= 15 is 0 Å². The van der Waals surface area contributed by atoms with Crippen molar-refractivity contribution in [1.82, 2.24) is 10.2 Å². The van der Waals surface area contributed by atoms with Gasteiger partial charge in [0, 0.05) is 34.5 Å². The molecule has 3 nitrogen and oxygen atoms in total. The first-order valence-electron chi connectivity index (χ1n) is 8.72. The molecule has 1 saturated heterocycles. The van der Waals surface area contributed by atoms with Gasteiger partial charge in [0.1, 0.15) is 0 Å². The van der Waals surface area contributed by atoms with Gasteiger partial charge >= 0.3 is 0 Å². The van der Waals surface area contributed by atoms with Crippen LogP contribution in [0.25, 0.3) is 0 Å². The quantitative estimate of drug-likeness (QED) is 0.764. The van der Waals surface area contributed by atoms with E-state index in [1.165, 1.54) is 5.56 Å². The number of hydrogen-bond donors (Lipinski definition) is 1. The number of carbonyl (C=O) groups is 1. The first-order valence-corrected chi connectivity index (χ1v) is 10.1. The molecule has 2 rings (SSSR count). The number of amides is 1. The van der Waals surface area contributed by atoms with Gasteiger partial charge in [-0.3, -0.25) is 9.69 Å². The number of hydrogen-bond acceptors (Lipinski definition) is 3. The van der Waals surface area contributed by atoms with Crippen LogP contribution in [-0.2, 0) is 11.3 Å². The van der Waals surface area contributed by atoms with Crippen LogP contribution in [0.15, 0.2) is 24.3 Å². The smallest absolute Gasteiger partial charge is 0.223 e. The third kappa shape index (κ3) is 7.04. The zero-order chi connectivity index (χ0) is 17.6. The van der Waals surface area contributed by atoms with E-state index in [9.17, 15) is 4.79 Å². The van der Waals surface area contributed by atoms with Crippen LogP contribution in [0.2, 0.25) is 5.02 Å². The van der Waals surface area contributed by atoms with Gasteiger partial charge in [0.25, 0.3) is 0 Å². The van der Waals surface area contributed by atoms with Crippen molar-refractivity contribution < 1.29 is 4.79 Å². The van der Waals surface area contributed by atoms with E-state index in [1.807, 2.05) is 23.9 Å². The molecule has 1 aromatic rings. The molecule has 0 atom stereocenters. The van der Waals surface area contributed by atoms with Gasteiger partial charge in [0.15, 0.2) is 0 Å². The Balaban J connectivity index is 1.66. The lowest BCUT2D eigenvalue weighted by Gasteiger charge is -2.31. The largest absolute Gasteiger partial charge is 0.355 e. The summed E-state index contributed by atoms with van der Waals surface area (Å²) in [4.78, 5) is 14.7. The lowest BCUT2D eigenvalue weighted by Crippen LogP contribution is -2.40. The summed E-state index contributed by atoms with van der Waals surface area (Å²) in [5, 5.41) is 3.88. The normalized spacial score (nSPS) is 17.0. The zero-order valence-electron chi connectivity index (χ0n) is 15.0. The highest BCUT2D eigenvalue weighted by molar-refractivity contribution is 8.00. The van der Waals surface area contributed by atoms with Gasteiger partial charge < -0.3 is 5.32 Å². The van der Waals surface area contributed by atoms with Crippen LogP contribution >= 0.6 is 23.4 Å². The van der Waals surface area contributed by atoms with Gasteiger partial charge in [0.2, 0.25) is 5.91 Å². The van der Waals surface area contributed by atoms with Crippen molar-refractivity contribution >= 4 is 29.3 Å².